The standard InChI is InChI=1S/C12H13BrN2O/c1-9(10-3-2-6-14-7-10)15-8-11-4-5-12(13)16-11/h2-7,9,15H,8H2,1H3. The Bertz CT molecular complexity index is 441. The highest BCUT2D eigenvalue weighted by molar-refractivity contribution is 9.10. The lowest BCUT2D eigenvalue weighted by Gasteiger charge is -2.12. The van der Waals surface area contributed by atoms with Gasteiger partial charge in [0.2, 0.25) is 0 Å². The predicted molar refractivity (Wildman–Crippen MR) is 65.9 cm³/mol. The fourth-order valence-corrected chi connectivity index (χ4v) is 1.79. The van der Waals surface area contributed by atoms with Gasteiger partial charge in [0.1, 0.15) is 5.76 Å². The summed E-state index contributed by atoms with van der Waals surface area (Å²) in [6.45, 7) is 2.82. The number of hydrogen-bond acceptors (Lipinski definition) is 3. The van der Waals surface area contributed by atoms with Crippen LogP contribution in [0.4, 0.5) is 0 Å². The Hall–Kier alpha value is -1.13. The monoisotopic (exact) mass is 280 g/mol. The second-order valence-electron chi connectivity index (χ2n) is 3.59. The number of aromatic nitrogens is 1. The number of pyridine rings is 1. The number of nitrogens with zero attached hydrogens (tertiary/aromatic N) is 1. The van der Waals surface area contributed by atoms with Crippen molar-refractivity contribution in [1.29, 1.82) is 0 Å². The van der Waals surface area contributed by atoms with Gasteiger partial charge in [-0.2, -0.15) is 0 Å². The highest BCUT2D eigenvalue weighted by atomic mass is 79.9. The van der Waals surface area contributed by atoms with Crippen molar-refractivity contribution < 1.29 is 4.42 Å². The Morgan fingerprint density at radius 3 is 2.94 bits per heavy atom. The first-order valence-electron chi connectivity index (χ1n) is 5.13. The van der Waals surface area contributed by atoms with Crippen LogP contribution in [0.1, 0.15) is 24.3 Å². The molecule has 16 heavy (non-hydrogen) atoms. The molecular weight excluding hydrogens is 268 g/mol. The van der Waals surface area contributed by atoms with E-state index in [1.54, 1.807) is 6.20 Å². The van der Waals surface area contributed by atoms with Crippen molar-refractivity contribution in [3.8, 4) is 0 Å². The third kappa shape index (κ3) is 2.93. The van der Waals surface area contributed by atoms with E-state index in [-0.39, 0.29) is 6.04 Å². The maximum absolute atomic E-state index is 5.41. The number of nitrogens with one attached hydrogen (secondary N) is 1. The summed E-state index contributed by atoms with van der Waals surface area (Å²) < 4.78 is 6.17. The minimum absolute atomic E-state index is 0.262. The van der Waals surface area contributed by atoms with Gasteiger partial charge in [-0.3, -0.25) is 4.98 Å². The van der Waals surface area contributed by atoms with E-state index in [1.807, 2.05) is 24.4 Å². The molecule has 3 nitrogen and oxygen atoms in total. The summed E-state index contributed by atoms with van der Waals surface area (Å²) in [6.07, 6.45) is 3.65. The number of hydrogen-bond donors (Lipinski definition) is 1. The number of furan rings is 1. The molecule has 0 aliphatic rings. The first kappa shape index (κ1) is 11.4. The lowest BCUT2D eigenvalue weighted by molar-refractivity contribution is 0.446. The van der Waals surface area contributed by atoms with E-state index in [0.29, 0.717) is 6.54 Å². The van der Waals surface area contributed by atoms with Crippen LogP contribution in [0.25, 0.3) is 0 Å². The Labute approximate surface area is 103 Å². The zero-order valence-corrected chi connectivity index (χ0v) is 10.6. The summed E-state index contributed by atoms with van der Waals surface area (Å²) in [4.78, 5) is 4.09. The summed E-state index contributed by atoms with van der Waals surface area (Å²) in [7, 11) is 0. The van der Waals surface area contributed by atoms with Gasteiger partial charge in [-0.15, -0.1) is 0 Å². The highest BCUT2D eigenvalue weighted by Crippen LogP contribution is 2.15. The Kier molecular flexibility index (Phi) is 3.74. The van der Waals surface area contributed by atoms with Crippen molar-refractivity contribution in [1.82, 2.24) is 10.3 Å². The molecule has 0 spiro atoms. The highest BCUT2D eigenvalue weighted by Gasteiger charge is 2.05. The SMILES string of the molecule is CC(NCc1ccc(Br)o1)c1cccnc1. The van der Waals surface area contributed by atoms with E-state index in [0.717, 1.165) is 10.4 Å². The summed E-state index contributed by atoms with van der Waals surface area (Å²) in [5, 5.41) is 3.37. The molecule has 1 atom stereocenters. The topological polar surface area (TPSA) is 38.1 Å². The molecule has 4 heteroatoms. The van der Waals surface area contributed by atoms with Crippen LogP contribution in [0, 0.1) is 0 Å². The quantitative estimate of drug-likeness (QED) is 0.934. The van der Waals surface area contributed by atoms with Crippen molar-refractivity contribution in [2.45, 2.75) is 19.5 Å². The minimum Gasteiger partial charge on any atom is -0.453 e. The van der Waals surface area contributed by atoms with Crippen LogP contribution >= 0.6 is 15.9 Å². The molecule has 0 amide bonds. The lowest BCUT2D eigenvalue weighted by Crippen LogP contribution is -2.17. The fourth-order valence-electron chi connectivity index (χ4n) is 1.45. The molecule has 0 aliphatic heterocycles. The molecule has 0 saturated heterocycles. The fraction of sp³-hybridized carbons (Fsp3) is 0.250. The first-order valence-corrected chi connectivity index (χ1v) is 5.92. The van der Waals surface area contributed by atoms with E-state index in [1.165, 1.54) is 5.56 Å². The molecular formula is C12H13BrN2O. The van der Waals surface area contributed by atoms with Gasteiger partial charge in [0, 0.05) is 18.4 Å². The average Bonchev–Trinajstić information content (AvgIpc) is 2.73. The Morgan fingerprint density at radius 1 is 1.44 bits per heavy atom. The van der Waals surface area contributed by atoms with E-state index < -0.39 is 0 Å². The molecule has 2 rings (SSSR count). The van der Waals surface area contributed by atoms with E-state index in [4.69, 9.17) is 4.42 Å². The van der Waals surface area contributed by atoms with Gasteiger partial charge in [0.25, 0.3) is 0 Å². The molecule has 1 unspecified atom stereocenters. The van der Waals surface area contributed by atoms with Crippen LogP contribution < -0.4 is 5.32 Å². The first-order chi connectivity index (χ1) is 7.75. The smallest absolute Gasteiger partial charge is 0.169 e. The maximum Gasteiger partial charge on any atom is 0.169 e. The van der Waals surface area contributed by atoms with Gasteiger partial charge in [0.15, 0.2) is 4.67 Å². The minimum atomic E-state index is 0.262. The third-order valence-electron chi connectivity index (χ3n) is 2.40. The van der Waals surface area contributed by atoms with Gasteiger partial charge in [-0.25, -0.2) is 0 Å². The zero-order chi connectivity index (χ0) is 11.4. The Balaban J connectivity index is 1.91. The molecule has 0 saturated carbocycles. The van der Waals surface area contributed by atoms with E-state index in [2.05, 4.69) is 39.2 Å². The molecule has 2 aromatic heterocycles. The summed E-state index contributed by atoms with van der Waals surface area (Å²) in [6, 6.07) is 8.11. The van der Waals surface area contributed by atoms with Gasteiger partial charge < -0.3 is 9.73 Å². The molecule has 1 N–H and O–H groups in total. The number of rotatable bonds is 4. The van der Waals surface area contributed by atoms with Gasteiger partial charge in [-0.1, -0.05) is 6.07 Å². The van der Waals surface area contributed by atoms with E-state index in [9.17, 15) is 0 Å². The summed E-state index contributed by atoms with van der Waals surface area (Å²) in [5.41, 5.74) is 1.17. The third-order valence-corrected chi connectivity index (χ3v) is 2.82. The number of halogens is 1. The molecule has 2 heterocycles. The van der Waals surface area contributed by atoms with Crippen molar-refractivity contribution in [3.63, 3.8) is 0 Å². The molecule has 0 fully saturated rings. The van der Waals surface area contributed by atoms with Crippen molar-refractivity contribution in [3.05, 3.63) is 52.7 Å². The van der Waals surface area contributed by atoms with Gasteiger partial charge in [0.05, 0.1) is 6.54 Å². The van der Waals surface area contributed by atoms with Crippen LogP contribution in [0.5, 0.6) is 0 Å². The average molecular weight is 281 g/mol. The molecule has 0 radical (unpaired) electrons. The molecule has 0 aliphatic carbocycles. The largest absolute Gasteiger partial charge is 0.453 e. The van der Waals surface area contributed by atoms with Crippen molar-refractivity contribution in [2.75, 3.05) is 0 Å². The van der Waals surface area contributed by atoms with Crippen LogP contribution in [0.15, 0.2) is 45.7 Å². The maximum atomic E-state index is 5.41. The van der Waals surface area contributed by atoms with Crippen molar-refractivity contribution >= 4 is 15.9 Å². The molecule has 2 aromatic rings. The van der Waals surface area contributed by atoms with Gasteiger partial charge >= 0.3 is 0 Å². The van der Waals surface area contributed by atoms with Crippen molar-refractivity contribution in [2.24, 2.45) is 0 Å². The van der Waals surface area contributed by atoms with Crippen LogP contribution in [-0.4, -0.2) is 4.98 Å². The second kappa shape index (κ2) is 5.27. The lowest BCUT2D eigenvalue weighted by atomic mass is 10.1. The molecule has 0 bridgehead atoms. The Morgan fingerprint density at radius 2 is 2.31 bits per heavy atom. The van der Waals surface area contributed by atoms with Crippen LogP contribution in [0.3, 0.4) is 0 Å². The van der Waals surface area contributed by atoms with Crippen LogP contribution in [-0.2, 0) is 6.54 Å². The summed E-state index contributed by atoms with van der Waals surface area (Å²) >= 11 is 3.28. The normalized spacial score (nSPS) is 12.6. The zero-order valence-electron chi connectivity index (χ0n) is 8.98. The van der Waals surface area contributed by atoms with E-state index >= 15 is 0 Å². The molecule has 0 aromatic carbocycles. The molecule has 84 valence electrons. The predicted octanol–water partition coefficient (Wildman–Crippen LogP) is 3.29. The van der Waals surface area contributed by atoms with Crippen LogP contribution in [0.2, 0.25) is 0 Å². The van der Waals surface area contributed by atoms with Gasteiger partial charge in [-0.05, 0) is 46.6 Å². The summed E-state index contributed by atoms with van der Waals surface area (Å²) in [5.74, 6) is 0.919. The second-order valence-corrected chi connectivity index (χ2v) is 4.38.